The number of carbonyl (C=O) groups excluding carboxylic acids is 1. The van der Waals surface area contributed by atoms with E-state index in [1.54, 1.807) is 23.3 Å². The average Bonchev–Trinajstić information content (AvgIpc) is 3.35. The lowest BCUT2D eigenvalue weighted by molar-refractivity contribution is 0.0984. The maximum Gasteiger partial charge on any atom is 0.281 e. The molecule has 1 aliphatic rings. The van der Waals surface area contributed by atoms with Crippen molar-refractivity contribution < 1.29 is 9.21 Å². The van der Waals surface area contributed by atoms with Crippen molar-refractivity contribution in [3.63, 3.8) is 0 Å². The summed E-state index contributed by atoms with van der Waals surface area (Å²) < 4.78 is 7.38. The number of aromatic amines is 1. The van der Waals surface area contributed by atoms with Crippen LogP contribution in [0.25, 0.3) is 22.5 Å². The van der Waals surface area contributed by atoms with E-state index < -0.39 is 0 Å². The lowest BCUT2D eigenvalue weighted by atomic mass is 10.3. The summed E-state index contributed by atoms with van der Waals surface area (Å²) in [6, 6.07) is 13.2. The van der Waals surface area contributed by atoms with Gasteiger partial charge in [-0.25, -0.2) is 4.98 Å². The predicted molar refractivity (Wildman–Crippen MR) is 87.7 cm³/mol. The number of hydrogen-bond acceptors (Lipinski definition) is 4. The smallest absolute Gasteiger partial charge is 0.281 e. The van der Waals surface area contributed by atoms with Crippen molar-refractivity contribution in [3.8, 4) is 11.5 Å². The van der Waals surface area contributed by atoms with Crippen LogP contribution in [0.5, 0.6) is 0 Å². The lowest BCUT2D eigenvalue weighted by Gasteiger charge is -2.11. The molecule has 0 aliphatic carbocycles. The monoisotopic (exact) mass is 319 g/mol. The molecule has 1 N–H and O–H groups in total. The van der Waals surface area contributed by atoms with Crippen LogP contribution in [0.4, 0.5) is 5.95 Å². The number of fused-ring (bicyclic) bond motifs is 3. The van der Waals surface area contributed by atoms with E-state index >= 15 is 0 Å². The maximum absolute atomic E-state index is 12.8. The van der Waals surface area contributed by atoms with Gasteiger partial charge in [-0.2, -0.15) is 5.10 Å². The number of nitrogens with zero attached hydrogens (tertiary/aromatic N) is 4. The maximum atomic E-state index is 12.8. The summed E-state index contributed by atoms with van der Waals surface area (Å²) in [5.74, 6) is 1.15. The van der Waals surface area contributed by atoms with Crippen LogP contribution >= 0.6 is 0 Å². The molecule has 24 heavy (non-hydrogen) atoms. The third-order valence-electron chi connectivity index (χ3n) is 4.25. The number of hydrogen-bond donors (Lipinski definition) is 1. The summed E-state index contributed by atoms with van der Waals surface area (Å²) in [4.78, 5) is 19.1. The van der Waals surface area contributed by atoms with Gasteiger partial charge in [-0.05, 0) is 24.3 Å². The summed E-state index contributed by atoms with van der Waals surface area (Å²) in [5, 5.41) is 6.97. The van der Waals surface area contributed by atoms with Gasteiger partial charge in [-0.3, -0.25) is 14.8 Å². The summed E-state index contributed by atoms with van der Waals surface area (Å²) in [6.07, 6.45) is 1.58. The highest BCUT2D eigenvalue weighted by atomic mass is 16.3. The molecule has 0 fully saturated rings. The van der Waals surface area contributed by atoms with Crippen molar-refractivity contribution in [3.05, 3.63) is 54.4 Å². The van der Waals surface area contributed by atoms with E-state index in [0.29, 0.717) is 29.6 Å². The van der Waals surface area contributed by atoms with Crippen LogP contribution in [0.15, 0.2) is 53.1 Å². The Bertz CT molecular complexity index is 1040. The quantitative estimate of drug-likeness (QED) is 0.616. The summed E-state index contributed by atoms with van der Waals surface area (Å²) in [6.45, 7) is 1.33. The van der Waals surface area contributed by atoms with Gasteiger partial charge in [-0.1, -0.05) is 12.1 Å². The molecular formula is C17H13N5O2. The third kappa shape index (κ3) is 1.81. The fourth-order valence-corrected chi connectivity index (χ4v) is 3.11. The lowest BCUT2D eigenvalue weighted by Crippen LogP contribution is -2.29. The number of amides is 1. The number of rotatable bonds is 2. The van der Waals surface area contributed by atoms with Gasteiger partial charge in [0.2, 0.25) is 5.95 Å². The molecule has 1 aromatic carbocycles. The van der Waals surface area contributed by atoms with Crippen molar-refractivity contribution in [1.29, 1.82) is 0 Å². The molecular weight excluding hydrogens is 306 g/mol. The molecule has 7 heteroatoms. The first-order valence-electron chi connectivity index (χ1n) is 7.68. The number of carbonyl (C=O) groups is 1. The number of benzene rings is 1. The fraction of sp³-hybridized carbons (Fsp3) is 0.118. The number of anilines is 1. The molecule has 0 radical (unpaired) electrons. The van der Waals surface area contributed by atoms with Gasteiger partial charge in [0.15, 0.2) is 11.5 Å². The molecule has 1 amide bonds. The Hall–Kier alpha value is -3.35. The van der Waals surface area contributed by atoms with E-state index in [-0.39, 0.29) is 5.91 Å². The first-order valence-corrected chi connectivity index (χ1v) is 7.68. The second kappa shape index (κ2) is 4.82. The second-order valence-corrected chi connectivity index (χ2v) is 5.65. The topological polar surface area (TPSA) is 80.0 Å². The number of para-hydroxylation sites is 2. The normalized spacial score (nSPS) is 13.6. The molecule has 118 valence electrons. The molecule has 0 spiro atoms. The van der Waals surface area contributed by atoms with Crippen molar-refractivity contribution >= 4 is 22.9 Å². The second-order valence-electron chi connectivity index (χ2n) is 5.65. The minimum atomic E-state index is -0.168. The van der Waals surface area contributed by atoms with E-state index in [1.807, 2.05) is 30.3 Å². The molecule has 4 heterocycles. The summed E-state index contributed by atoms with van der Waals surface area (Å²) in [5.41, 5.74) is 2.96. The van der Waals surface area contributed by atoms with Crippen LogP contribution in [-0.4, -0.2) is 32.2 Å². The Balaban J connectivity index is 1.51. The minimum absolute atomic E-state index is 0.168. The van der Waals surface area contributed by atoms with Crippen molar-refractivity contribution in [2.75, 3.05) is 11.4 Å². The molecule has 1 aliphatic heterocycles. The molecule has 0 atom stereocenters. The van der Waals surface area contributed by atoms with Crippen LogP contribution in [0, 0.1) is 0 Å². The third-order valence-corrected chi connectivity index (χ3v) is 4.25. The van der Waals surface area contributed by atoms with Gasteiger partial charge < -0.3 is 8.98 Å². The number of nitrogens with one attached hydrogen (secondary N) is 1. The van der Waals surface area contributed by atoms with Crippen LogP contribution in [0.1, 0.15) is 10.5 Å². The Labute approximate surface area is 136 Å². The molecule has 0 saturated carbocycles. The van der Waals surface area contributed by atoms with E-state index in [0.717, 1.165) is 17.6 Å². The number of furan rings is 1. The predicted octanol–water partition coefficient (Wildman–Crippen LogP) is 2.68. The van der Waals surface area contributed by atoms with Crippen LogP contribution < -0.4 is 4.90 Å². The number of H-pyrrole nitrogens is 1. The number of aromatic nitrogens is 4. The highest BCUT2D eigenvalue weighted by Crippen LogP contribution is 2.28. The molecule has 4 aromatic rings. The largest absolute Gasteiger partial charge is 0.463 e. The number of imidazole rings is 1. The zero-order valence-electron chi connectivity index (χ0n) is 12.6. The van der Waals surface area contributed by atoms with E-state index in [1.165, 1.54) is 0 Å². The van der Waals surface area contributed by atoms with E-state index in [2.05, 4.69) is 19.7 Å². The van der Waals surface area contributed by atoms with Gasteiger partial charge in [0.1, 0.15) is 5.69 Å². The summed E-state index contributed by atoms with van der Waals surface area (Å²) in [7, 11) is 0. The van der Waals surface area contributed by atoms with Gasteiger partial charge in [0, 0.05) is 19.2 Å². The van der Waals surface area contributed by atoms with Crippen LogP contribution in [-0.2, 0) is 6.54 Å². The van der Waals surface area contributed by atoms with Crippen molar-refractivity contribution in [2.24, 2.45) is 0 Å². The Morgan fingerprint density at radius 2 is 2.08 bits per heavy atom. The highest BCUT2D eigenvalue weighted by molar-refractivity contribution is 6.05. The first kappa shape index (κ1) is 13.1. The summed E-state index contributed by atoms with van der Waals surface area (Å²) >= 11 is 0. The molecule has 7 nitrogen and oxygen atoms in total. The van der Waals surface area contributed by atoms with E-state index in [4.69, 9.17) is 4.42 Å². The van der Waals surface area contributed by atoms with Crippen LogP contribution in [0.3, 0.4) is 0 Å². The van der Waals surface area contributed by atoms with Gasteiger partial charge in [0.05, 0.1) is 17.3 Å². The first-order chi connectivity index (χ1) is 11.8. The van der Waals surface area contributed by atoms with Crippen LogP contribution in [0.2, 0.25) is 0 Å². The molecule has 0 unspecified atom stereocenters. The zero-order chi connectivity index (χ0) is 16.1. The van der Waals surface area contributed by atoms with Gasteiger partial charge >= 0.3 is 0 Å². The molecule has 3 aromatic heterocycles. The molecule has 5 rings (SSSR count). The molecule has 0 bridgehead atoms. The average molecular weight is 319 g/mol. The van der Waals surface area contributed by atoms with Gasteiger partial charge in [-0.15, -0.1) is 0 Å². The minimum Gasteiger partial charge on any atom is -0.463 e. The van der Waals surface area contributed by atoms with Crippen molar-refractivity contribution in [1.82, 2.24) is 19.7 Å². The van der Waals surface area contributed by atoms with E-state index in [9.17, 15) is 4.79 Å². The van der Waals surface area contributed by atoms with Gasteiger partial charge in [0.25, 0.3) is 5.91 Å². The zero-order valence-corrected chi connectivity index (χ0v) is 12.6. The standard InChI is InChI=1S/C17H13N5O2/c23-16(13-10-12(19-20-13)15-6-3-9-24-15)22-8-7-21-14-5-2-1-4-11(14)18-17(21)22/h1-6,9-10H,7-8H2,(H,19,20). The Morgan fingerprint density at radius 3 is 2.96 bits per heavy atom. The Kier molecular flexibility index (Phi) is 2.64. The Morgan fingerprint density at radius 1 is 1.17 bits per heavy atom. The fourth-order valence-electron chi connectivity index (χ4n) is 3.11. The highest BCUT2D eigenvalue weighted by Gasteiger charge is 2.30. The van der Waals surface area contributed by atoms with Crippen molar-refractivity contribution in [2.45, 2.75) is 6.54 Å². The SMILES string of the molecule is O=C(c1cc(-c2ccco2)[nH]n1)N1CCn2c1nc1ccccc12. The molecule has 0 saturated heterocycles.